The van der Waals surface area contributed by atoms with Crippen LogP contribution in [-0.4, -0.2) is 50.4 Å². The van der Waals surface area contributed by atoms with E-state index in [1.165, 1.54) is 31.6 Å². The Hall–Kier alpha value is -3.50. The molecule has 0 aliphatic carbocycles. The zero-order valence-electron chi connectivity index (χ0n) is 17.8. The highest BCUT2D eigenvalue weighted by molar-refractivity contribution is 5.96. The maximum absolute atomic E-state index is 14.5. The number of carbonyl (C=O) groups is 1. The first-order chi connectivity index (χ1) is 15.4. The number of aromatic nitrogens is 3. The van der Waals surface area contributed by atoms with Crippen LogP contribution in [0.5, 0.6) is 11.5 Å². The molecule has 0 aliphatic rings. The number of hydrogen-bond donors (Lipinski definition) is 3. The number of nitrogens with one attached hydrogen (secondary N) is 1. The summed E-state index contributed by atoms with van der Waals surface area (Å²) >= 11 is 0. The Morgan fingerprint density at radius 2 is 2.06 bits per heavy atom. The Bertz CT molecular complexity index is 1050. The van der Waals surface area contributed by atoms with Crippen LogP contribution in [0.4, 0.5) is 16.0 Å². The first-order valence-electron chi connectivity index (χ1n) is 9.99. The molecule has 32 heavy (non-hydrogen) atoms. The van der Waals surface area contributed by atoms with Gasteiger partial charge in [0, 0.05) is 29.9 Å². The lowest BCUT2D eigenvalue weighted by atomic mass is 10.0. The third-order valence-electron chi connectivity index (χ3n) is 4.64. The van der Waals surface area contributed by atoms with Crippen LogP contribution in [0.25, 0.3) is 0 Å². The molecule has 3 aromatic rings. The van der Waals surface area contributed by atoms with Gasteiger partial charge in [-0.25, -0.2) is 14.4 Å². The molecule has 1 atom stereocenters. The fourth-order valence-corrected chi connectivity index (χ4v) is 2.95. The lowest BCUT2D eigenvalue weighted by Gasteiger charge is -2.12. The molecule has 0 fully saturated rings. The van der Waals surface area contributed by atoms with Gasteiger partial charge < -0.3 is 29.6 Å². The van der Waals surface area contributed by atoms with Gasteiger partial charge in [0.2, 0.25) is 5.95 Å². The molecule has 0 bridgehead atoms. The number of aliphatic hydroxyl groups is 2. The number of anilines is 2. The highest BCUT2D eigenvalue weighted by Crippen LogP contribution is 2.25. The van der Waals surface area contributed by atoms with Gasteiger partial charge in [-0.05, 0) is 18.2 Å². The summed E-state index contributed by atoms with van der Waals surface area (Å²) in [5.41, 5.74) is 1.25. The summed E-state index contributed by atoms with van der Waals surface area (Å²) in [6.07, 6.45) is 5.83. The molecule has 10 heteroatoms. The molecule has 2 heterocycles. The summed E-state index contributed by atoms with van der Waals surface area (Å²) in [5.74, 6) is -0.0821. The van der Waals surface area contributed by atoms with Gasteiger partial charge >= 0.3 is 0 Å². The number of benzene rings is 1. The predicted octanol–water partition coefficient (Wildman–Crippen LogP) is 2.69. The summed E-state index contributed by atoms with van der Waals surface area (Å²) in [6, 6.07) is 4.61. The van der Waals surface area contributed by atoms with Gasteiger partial charge in [0.15, 0.2) is 23.1 Å². The number of Topliss-reactive ketones (excluding diaryl/α,β-unsaturated/α-hetero) is 1. The third-order valence-corrected chi connectivity index (χ3v) is 4.64. The smallest absolute Gasteiger partial charge is 0.227 e. The highest BCUT2D eigenvalue weighted by atomic mass is 19.1. The van der Waals surface area contributed by atoms with Crippen molar-refractivity contribution >= 4 is 17.4 Å². The number of methoxy groups -OCH3 is 1. The number of aliphatic hydroxyl groups excluding tert-OH is 2. The molecule has 2 aromatic heterocycles. The summed E-state index contributed by atoms with van der Waals surface area (Å²) in [6.45, 7) is 1.55. The first-order valence-corrected chi connectivity index (χ1v) is 9.99. The molecule has 0 unspecified atom stereocenters. The second-order valence-corrected chi connectivity index (χ2v) is 7.02. The molecule has 3 rings (SSSR count). The second-order valence-electron chi connectivity index (χ2n) is 7.02. The molecular formula is C22H25FN4O5. The van der Waals surface area contributed by atoms with E-state index in [2.05, 4.69) is 15.3 Å². The topological polar surface area (TPSA) is 119 Å². The number of nitrogens with zero attached hydrogens (tertiary/aromatic N) is 3. The summed E-state index contributed by atoms with van der Waals surface area (Å²) in [4.78, 5) is 20.3. The number of halogens is 1. The highest BCUT2D eigenvalue weighted by Gasteiger charge is 2.15. The largest absolute Gasteiger partial charge is 0.494 e. The van der Waals surface area contributed by atoms with Crippen LogP contribution >= 0.6 is 0 Å². The van der Waals surface area contributed by atoms with Crippen molar-refractivity contribution in [1.29, 1.82) is 0 Å². The van der Waals surface area contributed by atoms with Crippen LogP contribution in [0.1, 0.15) is 29.3 Å². The Labute approximate surface area is 184 Å². The predicted molar refractivity (Wildman–Crippen MR) is 115 cm³/mol. The lowest BCUT2D eigenvalue weighted by Crippen LogP contribution is -2.18. The van der Waals surface area contributed by atoms with Crippen LogP contribution in [0, 0.1) is 5.82 Å². The molecule has 0 saturated heterocycles. The Morgan fingerprint density at radius 1 is 1.31 bits per heavy atom. The number of hydrogen-bond acceptors (Lipinski definition) is 8. The summed E-state index contributed by atoms with van der Waals surface area (Å²) in [5, 5.41) is 21.4. The molecule has 0 radical (unpaired) electrons. The van der Waals surface area contributed by atoms with Gasteiger partial charge in [-0.3, -0.25) is 4.79 Å². The van der Waals surface area contributed by atoms with Crippen molar-refractivity contribution in [3.63, 3.8) is 0 Å². The maximum atomic E-state index is 14.5. The summed E-state index contributed by atoms with van der Waals surface area (Å²) < 4.78 is 26.9. The van der Waals surface area contributed by atoms with Gasteiger partial charge in [0.05, 0.1) is 44.4 Å². The van der Waals surface area contributed by atoms with E-state index in [1.807, 2.05) is 0 Å². The quantitative estimate of drug-likeness (QED) is 0.386. The molecule has 3 N–H and O–H groups in total. The first kappa shape index (κ1) is 23.2. The van der Waals surface area contributed by atoms with Gasteiger partial charge in [0.25, 0.3) is 0 Å². The van der Waals surface area contributed by atoms with E-state index in [0.29, 0.717) is 29.4 Å². The van der Waals surface area contributed by atoms with Crippen molar-refractivity contribution in [2.75, 3.05) is 19.0 Å². The lowest BCUT2D eigenvalue weighted by molar-refractivity contribution is 0.0813. The average Bonchev–Trinajstić information content (AvgIpc) is 3.25. The maximum Gasteiger partial charge on any atom is 0.227 e. The van der Waals surface area contributed by atoms with Crippen molar-refractivity contribution in [2.45, 2.75) is 32.6 Å². The van der Waals surface area contributed by atoms with Crippen LogP contribution in [-0.2, 0) is 13.2 Å². The van der Waals surface area contributed by atoms with Crippen molar-refractivity contribution in [3.05, 3.63) is 59.9 Å². The number of carbonyl (C=O) groups excluding carboxylic acids is 1. The van der Waals surface area contributed by atoms with E-state index in [0.717, 1.165) is 0 Å². The van der Waals surface area contributed by atoms with Crippen molar-refractivity contribution in [2.24, 2.45) is 0 Å². The van der Waals surface area contributed by atoms with E-state index in [-0.39, 0.29) is 36.9 Å². The molecule has 9 nitrogen and oxygen atoms in total. The molecule has 170 valence electrons. The van der Waals surface area contributed by atoms with Crippen molar-refractivity contribution in [3.8, 4) is 11.5 Å². The normalized spacial score (nSPS) is 11.8. The van der Waals surface area contributed by atoms with Gasteiger partial charge in [0.1, 0.15) is 6.61 Å². The van der Waals surface area contributed by atoms with Crippen molar-refractivity contribution < 1.29 is 28.9 Å². The molecule has 0 amide bonds. The molecule has 0 aliphatic heterocycles. The van der Waals surface area contributed by atoms with E-state index in [9.17, 15) is 14.3 Å². The average molecular weight is 444 g/mol. The molecule has 0 spiro atoms. The Morgan fingerprint density at radius 3 is 2.72 bits per heavy atom. The molecule has 0 saturated carbocycles. The van der Waals surface area contributed by atoms with Crippen LogP contribution < -0.4 is 14.8 Å². The number of ether oxygens (including phenoxy) is 2. The summed E-state index contributed by atoms with van der Waals surface area (Å²) in [7, 11) is 1.34. The van der Waals surface area contributed by atoms with E-state index in [4.69, 9.17) is 14.6 Å². The van der Waals surface area contributed by atoms with Crippen LogP contribution in [0.3, 0.4) is 0 Å². The van der Waals surface area contributed by atoms with Crippen LogP contribution in [0.15, 0.2) is 43.0 Å². The van der Waals surface area contributed by atoms with E-state index in [1.54, 1.807) is 30.0 Å². The fraction of sp³-hybridized carbons (Fsp3) is 0.318. The zero-order chi connectivity index (χ0) is 23.1. The number of rotatable bonds is 11. The molecular weight excluding hydrogens is 419 g/mol. The van der Waals surface area contributed by atoms with E-state index >= 15 is 0 Å². The monoisotopic (exact) mass is 444 g/mol. The number of ketones is 1. The zero-order valence-corrected chi connectivity index (χ0v) is 17.8. The minimum atomic E-state index is -0.839. The van der Waals surface area contributed by atoms with Crippen molar-refractivity contribution in [1.82, 2.24) is 14.5 Å². The van der Waals surface area contributed by atoms with Gasteiger partial charge in [-0.15, -0.1) is 0 Å². The SMILES string of the molecule is CCC(=O)c1cc(COc2cnc(Nc3ccn(C[C@H](O)CO)c3)nc2)c(F)c(OC)c1. The second kappa shape index (κ2) is 10.7. The minimum Gasteiger partial charge on any atom is -0.494 e. The Kier molecular flexibility index (Phi) is 7.74. The standard InChI is InChI=1S/C22H25FN4O5/c1-3-19(30)14-6-15(21(23)20(7-14)31-2)13-32-18-8-24-22(25-9-18)26-16-4-5-27(10-16)11-17(29)12-28/h4-10,17,28-29H,3,11-13H2,1-2H3,(H,24,25,26)/t17-/m0/s1. The van der Waals surface area contributed by atoms with E-state index < -0.39 is 11.9 Å². The molecule has 1 aromatic carbocycles. The minimum absolute atomic E-state index is 0.0165. The van der Waals surface area contributed by atoms with Crippen LogP contribution in [0.2, 0.25) is 0 Å². The van der Waals surface area contributed by atoms with Gasteiger partial charge in [-0.1, -0.05) is 6.92 Å². The fourth-order valence-electron chi connectivity index (χ4n) is 2.95. The van der Waals surface area contributed by atoms with Gasteiger partial charge in [-0.2, -0.15) is 0 Å². The third kappa shape index (κ3) is 5.80. The Balaban J connectivity index is 1.63.